The number of nitrogens with zero attached hydrogens (tertiary/aromatic N) is 2. The van der Waals surface area contributed by atoms with Crippen LogP contribution in [0.5, 0.6) is 5.75 Å². The standard InChI is InChI=1S/C15H26N2O2/c1-4-5-6-7-8-9-19-14-10-16-15(12(2)3)17-13(14)11-18/h10,12,18H,4-9,11H2,1-3H3. The average Bonchev–Trinajstić information content (AvgIpc) is 2.42. The van der Waals surface area contributed by atoms with E-state index in [0.717, 1.165) is 12.2 Å². The van der Waals surface area contributed by atoms with Crippen LogP contribution >= 0.6 is 0 Å². The molecule has 108 valence electrons. The van der Waals surface area contributed by atoms with Gasteiger partial charge in [0.15, 0.2) is 5.75 Å². The second kappa shape index (κ2) is 8.86. The number of hydrogen-bond acceptors (Lipinski definition) is 4. The quantitative estimate of drug-likeness (QED) is 0.696. The van der Waals surface area contributed by atoms with Crippen molar-refractivity contribution in [1.82, 2.24) is 9.97 Å². The normalized spacial score (nSPS) is 11.0. The second-order valence-corrected chi connectivity index (χ2v) is 5.11. The minimum atomic E-state index is -0.104. The molecule has 0 saturated heterocycles. The third kappa shape index (κ3) is 5.55. The Hall–Kier alpha value is -1.16. The molecule has 0 aliphatic carbocycles. The van der Waals surface area contributed by atoms with Gasteiger partial charge in [-0.2, -0.15) is 0 Å². The van der Waals surface area contributed by atoms with Gasteiger partial charge in [0, 0.05) is 5.92 Å². The van der Waals surface area contributed by atoms with Crippen molar-refractivity contribution in [1.29, 1.82) is 0 Å². The first kappa shape index (κ1) is 15.9. The minimum Gasteiger partial charge on any atom is -0.490 e. The fourth-order valence-electron chi connectivity index (χ4n) is 1.82. The highest BCUT2D eigenvalue weighted by Crippen LogP contribution is 2.19. The van der Waals surface area contributed by atoms with Crippen molar-refractivity contribution in [3.8, 4) is 5.75 Å². The molecule has 19 heavy (non-hydrogen) atoms. The smallest absolute Gasteiger partial charge is 0.161 e. The van der Waals surface area contributed by atoms with Crippen LogP contribution in [-0.4, -0.2) is 21.7 Å². The summed E-state index contributed by atoms with van der Waals surface area (Å²) in [6.45, 7) is 6.83. The van der Waals surface area contributed by atoms with Crippen molar-refractivity contribution in [3.05, 3.63) is 17.7 Å². The van der Waals surface area contributed by atoms with Gasteiger partial charge in [-0.25, -0.2) is 9.97 Å². The highest BCUT2D eigenvalue weighted by molar-refractivity contribution is 5.24. The van der Waals surface area contributed by atoms with Gasteiger partial charge in [0.2, 0.25) is 0 Å². The Morgan fingerprint density at radius 2 is 1.95 bits per heavy atom. The zero-order chi connectivity index (χ0) is 14.1. The highest BCUT2D eigenvalue weighted by Gasteiger charge is 2.09. The summed E-state index contributed by atoms with van der Waals surface area (Å²) in [6.07, 6.45) is 7.70. The number of hydrogen-bond donors (Lipinski definition) is 1. The molecule has 1 rings (SSSR count). The molecule has 0 saturated carbocycles. The molecule has 4 nitrogen and oxygen atoms in total. The maximum absolute atomic E-state index is 9.33. The summed E-state index contributed by atoms with van der Waals surface area (Å²) in [5.74, 6) is 1.62. The Bertz CT molecular complexity index is 367. The predicted molar refractivity (Wildman–Crippen MR) is 76.3 cm³/mol. The van der Waals surface area contributed by atoms with E-state index in [1.54, 1.807) is 6.20 Å². The van der Waals surface area contributed by atoms with Crippen LogP contribution in [0.1, 0.15) is 70.3 Å². The first-order valence-electron chi connectivity index (χ1n) is 7.28. The van der Waals surface area contributed by atoms with Crippen LogP contribution in [0.15, 0.2) is 6.20 Å². The topological polar surface area (TPSA) is 55.2 Å². The Balaban J connectivity index is 2.44. The van der Waals surface area contributed by atoms with Crippen LogP contribution in [0.25, 0.3) is 0 Å². The van der Waals surface area contributed by atoms with Crippen LogP contribution < -0.4 is 4.74 Å². The molecule has 4 heteroatoms. The molecule has 0 fully saturated rings. The first-order chi connectivity index (χ1) is 9.19. The van der Waals surface area contributed by atoms with Crippen LogP contribution in [-0.2, 0) is 6.61 Å². The Labute approximate surface area is 116 Å². The second-order valence-electron chi connectivity index (χ2n) is 5.11. The molecule has 0 radical (unpaired) electrons. The molecule has 0 spiro atoms. The van der Waals surface area contributed by atoms with E-state index in [2.05, 4.69) is 16.9 Å². The Kier molecular flexibility index (Phi) is 7.41. The van der Waals surface area contributed by atoms with Gasteiger partial charge in [0.05, 0.1) is 19.4 Å². The Morgan fingerprint density at radius 1 is 1.21 bits per heavy atom. The van der Waals surface area contributed by atoms with Crippen molar-refractivity contribution >= 4 is 0 Å². The van der Waals surface area contributed by atoms with Gasteiger partial charge in [0.1, 0.15) is 11.5 Å². The van der Waals surface area contributed by atoms with E-state index in [9.17, 15) is 5.11 Å². The summed E-state index contributed by atoms with van der Waals surface area (Å²) in [5.41, 5.74) is 0.590. The number of rotatable bonds is 9. The molecule has 0 aliphatic rings. The summed E-state index contributed by atoms with van der Waals surface area (Å²) >= 11 is 0. The largest absolute Gasteiger partial charge is 0.490 e. The lowest BCUT2D eigenvalue weighted by Gasteiger charge is -2.11. The average molecular weight is 266 g/mol. The molecule has 0 bridgehead atoms. The summed E-state index contributed by atoms with van der Waals surface area (Å²) in [4.78, 5) is 8.60. The number of aliphatic hydroxyl groups excluding tert-OH is 1. The van der Waals surface area contributed by atoms with E-state index in [4.69, 9.17) is 4.74 Å². The number of unbranched alkanes of at least 4 members (excludes halogenated alkanes) is 4. The third-order valence-corrected chi connectivity index (χ3v) is 3.02. The minimum absolute atomic E-state index is 0.104. The lowest BCUT2D eigenvalue weighted by molar-refractivity contribution is 0.252. The molecule has 1 heterocycles. The van der Waals surface area contributed by atoms with Crippen molar-refractivity contribution in [2.45, 2.75) is 65.4 Å². The molecule has 0 atom stereocenters. The van der Waals surface area contributed by atoms with Crippen LogP contribution in [0, 0.1) is 0 Å². The van der Waals surface area contributed by atoms with Crippen LogP contribution in [0.4, 0.5) is 0 Å². The van der Waals surface area contributed by atoms with E-state index in [1.165, 1.54) is 25.7 Å². The Morgan fingerprint density at radius 3 is 2.58 bits per heavy atom. The predicted octanol–water partition coefficient (Wildman–Crippen LogP) is 3.44. The lowest BCUT2D eigenvalue weighted by Crippen LogP contribution is -2.06. The molecule has 0 unspecified atom stereocenters. The molecular weight excluding hydrogens is 240 g/mol. The summed E-state index contributed by atoms with van der Waals surface area (Å²) in [7, 11) is 0. The van der Waals surface area contributed by atoms with Gasteiger partial charge in [-0.15, -0.1) is 0 Å². The van der Waals surface area contributed by atoms with Gasteiger partial charge in [-0.05, 0) is 6.42 Å². The van der Waals surface area contributed by atoms with E-state index in [0.29, 0.717) is 18.1 Å². The van der Waals surface area contributed by atoms with Gasteiger partial charge >= 0.3 is 0 Å². The lowest BCUT2D eigenvalue weighted by atomic mass is 10.2. The van der Waals surface area contributed by atoms with Crippen molar-refractivity contribution in [2.75, 3.05) is 6.61 Å². The maximum Gasteiger partial charge on any atom is 0.161 e. The van der Waals surface area contributed by atoms with Crippen molar-refractivity contribution in [2.24, 2.45) is 0 Å². The molecule has 1 aromatic heterocycles. The van der Waals surface area contributed by atoms with Crippen molar-refractivity contribution in [3.63, 3.8) is 0 Å². The number of aliphatic hydroxyl groups is 1. The maximum atomic E-state index is 9.33. The SMILES string of the molecule is CCCCCCCOc1cnc(C(C)C)nc1CO. The summed E-state index contributed by atoms with van der Waals surface area (Å²) in [5, 5.41) is 9.33. The van der Waals surface area contributed by atoms with Gasteiger partial charge in [-0.3, -0.25) is 0 Å². The van der Waals surface area contributed by atoms with Gasteiger partial charge < -0.3 is 9.84 Å². The molecule has 0 aromatic carbocycles. The fourth-order valence-corrected chi connectivity index (χ4v) is 1.82. The van der Waals surface area contributed by atoms with Crippen LogP contribution in [0.2, 0.25) is 0 Å². The van der Waals surface area contributed by atoms with Crippen LogP contribution in [0.3, 0.4) is 0 Å². The fraction of sp³-hybridized carbons (Fsp3) is 0.733. The third-order valence-electron chi connectivity index (χ3n) is 3.02. The van der Waals surface area contributed by atoms with Gasteiger partial charge in [0.25, 0.3) is 0 Å². The molecule has 1 N–H and O–H groups in total. The number of ether oxygens (including phenoxy) is 1. The summed E-state index contributed by atoms with van der Waals surface area (Å²) in [6, 6.07) is 0. The van der Waals surface area contributed by atoms with E-state index >= 15 is 0 Å². The van der Waals surface area contributed by atoms with Crippen molar-refractivity contribution < 1.29 is 9.84 Å². The summed E-state index contributed by atoms with van der Waals surface area (Å²) < 4.78 is 5.66. The number of aromatic nitrogens is 2. The van der Waals surface area contributed by atoms with E-state index in [-0.39, 0.29) is 12.5 Å². The van der Waals surface area contributed by atoms with E-state index in [1.807, 2.05) is 13.8 Å². The van der Waals surface area contributed by atoms with Gasteiger partial charge in [-0.1, -0.05) is 46.5 Å². The zero-order valence-corrected chi connectivity index (χ0v) is 12.4. The molecule has 1 aromatic rings. The van der Waals surface area contributed by atoms with E-state index < -0.39 is 0 Å². The molecule has 0 amide bonds. The zero-order valence-electron chi connectivity index (χ0n) is 12.4. The molecule has 0 aliphatic heterocycles. The monoisotopic (exact) mass is 266 g/mol. The first-order valence-corrected chi connectivity index (χ1v) is 7.28. The highest BCUT2D eigenvalue weighted by atomic mass is 16.5. The molecular formula is C15H26N2O2.